The number of imidazole rings is 1. The van der Waals surface area contributed by atoms with Gasteiger partial charge in [-0.3, -0.25) is 0 Å². The van der Waals surface area contributed by atoms with Crippen LogP contribution in [-0.2, 0) is 0 Å². The maximum Gasteiger partial charge on any atom is 0.231 e. The average Bonchev–Trinajstić information content (AvgIpc) is 3.55. The first-order valence-electron chi connectivity index (χ1n) is 10.7. The van der Waals surface area contributed by atoms with E-state index in [1.54, 1.807) is 24.8 Å². The molecule has 1 aliphatic heterocycles. The van der Waals surface area contributed by atoms with Gasteiger partial charge >= 0.3 is 0 Å². The Labute approximate surface area is 190 Å². The van der Waals surface area contributed by atoms with Gasteiger partial charge in [-0.05, 0) is 55.3 Å². The number of aliphatic hydroxyl groups is 1. The van der Waals surface area contributed by atoms with Crippen LogP contribution in [0.1, 0.15) is 24.0 Å². The van der Waals surface area contributed by atoms with Crippen molar-refractivity contribution in [3.63, 3.8) is 0 Å². The highest BCUT2D eigenvalue weighted by molar-refractivity contribution is 7.16. The van der Waals surface area contributed by atoms with Crippen molar-refractivity contribution in [1.82, 2.24) is 19.5 Å². The molecule has 0 spiro atoms. The van der Waals surface area contributed by atoms with Crippen molar-refractivity contribution in [2.24, 2.45) is 0 Å². The van der Waals surface area contributed by atoms with Gasteiger partial charge in [0.05, 0.1) is 37.0 Å². The second kappa shape index (κ2) is 8.40. The topological polar surface area (TPSA) is 88.3 Å². The highest BCUT2D eigenvalue weighted by Gasteiger charge is 2.27. The summed E-state index contributed by atoms with van der Waals surface area (Å²) in [7, 11) is 1.68. The molecule has 32 heavy (non-hydrogen) atoms. The van der Waals surface area contributed by atoms with Crippen LogP contribution >= 0.6 is 11.3 Å². The number of thiophene rings is 1. The summed E-state index contributed by atoms with van der Waals surface area (Å²) in [5.74, 6) is 2.88. The van der Waals surface area contributed by atoms with Crippen LogP contribution in [-0.4, -0.2) is 50.9 Å². The van der Waals surface area contributed by atoms with Crippen molar-refractivity contribution < 1.29 is 9.84 Å². The van der Waals surface area contributed by atoms with Crippen LogP contribution in [0.4, 0.5) is 17.6 Å². The molecule has 166 valence electrons. The molecule has 1 atom stereocenters. The number of aliphatic hydroxyl groups excluding tert-OH is 1. The van der Waals surface area contributed by atoms with Gasteiger partial charge in [0.2, 0.25) is 5.95 Å². The highest BCUT2D eigenvalue weighted by Crippen LogP contribution is 2.34. The molecule has 9 heteroatoms. The SMILES string of the molecule is COc1cc(-n2cnc(Nc3nc(N4CCC[C@H]4CO)c4ccsc4n3)c2)cc(C)c1C. The van der Waals surface area contributed by atoms with Crippen molar-refractivity contribution in [1.29, 1.82) is 0 Å². The summed E-state index contributed by atoms with van der Waals surface area (Å²) in [5.41, 5.74) is 3.26. The molecule has 0 saturated carbocycles. The summed E-state index contributed by atoms with van der Waals surface area (Å²) in [6, 6.07) is 6.26. The Morgan fingerprint density at radius 2 is 2.16 bits per heavy atom. The first kappa shape index (κ1) is 20.7. The first-order chi connectivity index (χ1) is 15.6. The Balaban J connectivity index is 1.46. The maximum atomic E-state index is 9.79. The lowest BCUT2D eigenvalue weighted by molar-refractivity contribution is 0.266. The van der Waals surface area contributed by atoms with Crippen LogP contribution < -0.4 is 15.0 Å². The monoisotopic (exact) mass is 450 g/mol. The lowest BCUT2D eigenvalue weighted by Gasteiger charge is -2.25. The lowest BCUT2D eigenvalue weighted by Crippen LogP contribution is -2.33. The second-order valence-electron chi connectivity index (χ2n) is 8.06. The molecule has 1 saturated heterocycles. The van der Waals surface area contributed by atoms with Gasteiger partial charge < -0.3 is 24.6 Å². The number of benzene rings is 1. The van der Waals surface area contributed by atoms with Crippen molar-refractivity contribution in [3.05, 3.63) is 47.2 Å². The van der Waals surface area contributed by atoms with Gasteiger partial charge in [-0.1, -0.05) is 0 Å². The largest absolute Gasteiger partial charge is 0.496 e. The van der Waals surface area contributed by atoms with Crippen LogP contribution in [0.5, 0.6) is 5.75 Å². The zero-order chi connectivity index (χ0) is 22.2. The van der Waals surface area contributed by atoms with Crippen LogP contribution in [0.15, 0.2) is 36.1 Å². The zero-order valence-corrected chi connectivity index (χ0v) is 19.2. The molecular weight excluding hydrogens is 424 g/mol. The van der Waals surface area contributed by atoms with Gasteiger partial charge in [-0.15, -0.1) is 11.3 Å². The van der Waals surface area contributed by atoms with E-state index in [4.69, 9.17) is 9.72 Å². The molecule has 8 nitrogen and oxygen atoms in total. The third kappa shape index (κ3) is 3.67. The first-order valence-corrected chi connectivity index (χ1v) is 11.5. The standard InChI is InChI=1S/C23H26N6O2S/c1-14-9-17(10-19(31-3)15(14)2)28-11-20(24-13-28)25-23-26-21(18-6-8-32-22(18)27-23)29-7-4-5-16(29)12-30/h6,8-11,13,16,30H,4-5,7,12H2,1-3H3,(H,25,26,27)/t16-/m0/s1. The number of fused-ring (bicyclic) bond motifs is 1. The summed E-state index contributed by atoms with van der Waals surface area (Å²) < 4.78 is 7.46. The number of ether oxygens (including phenoxy) is 1. The number of methoxy groups -OCH3 is 1. The molecule has 0 aliphatic carbocycles. The van der Waals surface area contributed by atoms with Gasteiger partial charge in [0.1, 0.15) is 22.7 Å². The molecule has 4 aromatic rings. The molecule has 1 aromatic carbocycles. The highest BCUT2D eigenvalue weighted by atomic mass is 32.1. The van der Waals surface area contributed by atoms with Gasteiger partial charge in [0.15, 0.2) is 5.82 Å². The number of anilines is 3. The van der Waals surface area contributed by atoms with Crippen LogP contribution in [0.25, 0.3) is 15.9 Å². The molecule has 2 N–H and O–H groups in total. The number of aromatic nitrogens is 4. The van der Waals surface area contributed by atoms with E-state index >= 15 is 0 Å². The number of hydrogen-bond acceptors (Lipinski definition) is 8. The van der Waals surface area contributed by atoms with E-state index in [1.165, 1.54) is 0 Å². The van der Waals surface area contributed by atoms with Gasteiger partial charge in [0, 0.05) is 12.6 Å². The second-order valence-corrected chi connectivity index (χ2v) is 8.96. The number of rotatable bonds is 6. The molecule has 0 amide bonds. The van der Waals surface area contributed by atoms with Crippen molar-refractivity contribution in [2.45, 2.75) is 32.7 Å². The predicted molar refractivity (Wildman–Crippen MR) is 128 cm³/mol. The third-order valence-electron chi connectivity index (χ3n) is 6.11. The van der Waals surface area contributed by atoms with Crippen LogP contribution in [0.2, 0.25) is 0 Å². The Bertz CT molecular complexity index is 1270. The quantitative estimate of drug-likeness (QED) is 0.455. The molecule has 0 radical (unpaired) electrons. The Hall–Kier alpha value is -3.17. The Morgan fingerprint density at radius 1 is 1.28 bits per heavy atom. The Morgan fingerprint density at radius 3 is 2.97 bits per heavy atom. The predicted octanol–water partition coefficient (Wildman–Crippen LogP) is 4.21. The van der Waals surface area contributed by atoms with E-state index in [0.717, 1.165) is 58.0 Å². The molecule has 3 aromatic heterocycles. The zero-order valence-electron chi connectivity index (χ0n) is 18.4. The van der Waals surface area contributed by atoms with Crippen molar-refractivity contribution in [2.75, 3.05) is 30.5 Å². The van der Waals surface area contributed by atoms with Crippen LogP contribution in [0.3, 0.4) is 0 Å². The normalized spacial score (nSPS) is 16.1. The molecule has 0 unspecified atom stereocenters. The molecule has 1 aliphatic rings. The van der Waals surface area contributed by atoms with E-state index in [0.29, 0.717) is 11.8 Å². The van der Waals surface area contributed by atoms with Crippen molar-refractivity contribution in [3.8, 4) is 11.4 Å². The van der Waals surface area contributed by atoms with E-state index in [-0.39, 0.29) is 12.6 Å². The minimum Gasteiger partial charge on any atom is -0.496 e. The Kier molecular flexibility index (Phi) is 5.44. The molecule has 4 heterocycles. The molecular formula is C23H26N6O2S. The fourth-order valence-electron chi connectivity index (χ4n) is 4.23. The van der Waals surface area contributed by atoms with E-state index < -0.39 is 0 Å². The molecule has 0 bridgehead atoms. The fourth-order valence-corrected chi connectivity index (χ4v) is 4.99. The van der Waals surface area contributed by atoms with Crippen LogP contribution in [0, 0.1) is 13.8 Å². The number of nitrogens with one attached hydrogen (secondary N) is 1. The third-order valence-corrected chi connectivity index (χ3v) is 6.92. The van der Waals surface area contributed by atoms with Gasteiger partial charge in [0.25, 0.3) is 0 Å². The minimum atomic E-state index is 0.0971. The summed E-state index contributed by atoms with van der Waals surface area (Å²) in [4.78, 5) is 17.1. The van der Waals surface area contributed by atoms with E-state index in [9.17, 15) is 5.11 Å². The summed E-state index contributed by atoms with van der Waals surface area (Å²) in [6.45, 7) is 5.13. The fraction of sp³-hybridized carbons (Fsp3) is 0.348. The van der Waals surface area contributed by atoms with Gasteiger partial charge in [-0.25, -0.2) is 9.97 Å². The number of hydrogen-bond donors (Lipinski definition) is 2. The molecule has 5 rings (SSSR count). The minimum absolute atomic E-state index is 0.0971. The smallest absolute Gasteiger partial charge is 0.231 e. The lowest BCUT2D eigenvalue weighted by atomic mass is 10.1. The summed E-state index contributed by atoms with van der Waals surface area (Å²) in [6.07, 6.45) is 5.70. The maximum absolute atomic E-state index is 9.79. The summed E-state index contributed by atoms with van der Waals surface area (Å²) >= 11 is 1.58. The van der Waals surface area contributed by atoms with Crippen molar-refractivity contribution >= 4 is 39.1 Å². The number of nitrogens with zero attached hydrogens (tertiary/aromatic N) is 5. The number of aryl methyl sites for hydroxylation is 1. The van der Waals surface area contributed by atoms with E-state index in [1.807, 2.05) is 28.3 Å². The van der Waals surface area contributed by atoms with Gasteiger partial charge in [-0.2, -0.15) is 4.98 Å². The summed E-state index contributed by atoms with van der Waals surface area (Å²) in [5, 5.41) is 16.1. The van der Waals surface area contributed by atoms with E-state index in [2.05, 4.69) is 40.1 Å². The average molecular weight is 451 g/mol. The molecule has 1 fully saturated rings.